The van der Waals surface area contributed by atoms with E-state index in [1.807, 2.05) is 55.5 Å². The Kier molecular flexibility index (Phi) is 4.47. The highest BCUT2D eigenvalue weighted by Crippen LogP contribution is 2.45. The summed E-state index contributed by atoms with van der Waals surface area (Å²) < 4.78 is 20.9. The molecule has 0 atom stereocenters. The molecule has 6 heteroatoms. The van der Waals surface area contributed by atoms with E-state index in [-0.39, 0.29) is 11.7 Å². The van der Waals surface area contributed by atoms with Gasteiger partial charge in [0.2, 0.25) is 5.88 Å². The molecule has 0 aliphatic rings. The Balaban J connectivity index is 1.89. The highest BCUT2D eigenvalue weighted by atomic mass is 19.1. The molecule has 0 fully saturated rings. The van der Waals surface area contributed by atoms with E-state index in [1.165, 1.54) is 12.1 Å². The molecule has 0 saturated heterocycles. The SMILES string of the molecule is COc1ccccc1-c1c2c(-c3ccc(C)cc3)n[nH]c2c(O)n1-c1ccc(F)cc1. The van der Waals surface area contributed by atoms with Gasteiger partial charge in [-0.2, -0.15) is 5.10 Å². The van der Waals surface area contributed by atoms with Crippen LogP contribution in [-0.4, -0.2) is 27.0 Å². The first-order valence-electron chi connectivity index (χ1n) is 9.86. The second-order valence-corrected chi connectivity index (χ2v) is 7.37. The molecular formula is C25H20FN3O2. The number of rotatable bonds is 4. The maximum absolute atomic E-state index is 13.6. The molecule has 2 aromatic heterocycles. The Morgan fingerprint density at radius 3 is 2.39 bits per heavy atom. The van der Waals surface area contributed by atoms with Gasteiger partial charge in [-0.05, 0) is 43.3 Å². The Bertz CT molecular complexity index is 1380. The van der Waals surface area contributed by atoms with Gasteiger partial charge in [0, 0.05) is 16.8 Å². The molecule has 5 rings (SSSR count). The van der Waals surface area contributed by atoms with Crippen LogP contribution in [0.15, 0.2) is 72.8 Å². The topological polar surface area (TPSA) is 63.1 Å². The summed E-state index contributed by atoms with van der Waals surface area (Å²) in [6, 6.07) is 21.7. The van der Waals surface area contributed by atoms with Crippen LogP contribution < -0.4 is 4.74 Å². The minimum atomic E-state index is -0.346. The lowest BCUT2D eigenvalue weighted by Gasteiger charge is -2.14. The summed E-state index contributed by atoms with van der Waals surface area (Å²) in [7, 11) is 1.61. The van der Waals surface area contributed by atoms with Crippen molar-refractivity contribution in [1.82, 2.24) is 14.8 Å². The number of aromatic hydroxyl groups is 1. The Morgan fingerprint density at radius 1 is 0.968 bits per heavy atom. The number of para-hydroxylation sites is 1. The molecule has 0 aliphatic carbocycles. The zero-order valence-electron chi connectivity index (χ0n) is 17.1. The summed E-state index contributed by atoms with van der Waals surface area (Å²) >= 11 is 0. The van der Waals surface area contributed by atoms with Gasteiger partial charge in [0.1, 0.15) is 22.8 Å². The molecule has 0 saturated carbocycles. The van der Waals surface area contributed by atoms with E-state index in [0.29, 0.717) is 28.3 Å². The van der Waals surface area contributed by atoms with E-state index in [1.54, 1.807) is 23.8 Å². The van der Waals surface area contributed by atoms with Gasteiger partial charge < -0.3 is 9.84 Å². The van der Waals surface area contributed by atoms with Crippen LogP contribution in [0.4, 0.5) is 4.39 Å². The van der Waals surface area contributed by atoms with E-state index in [0.717, 1.165) is 22.1 Å². The van der Waals surface area contributed by atoms with Gasteiger partial charge in [-0.3, -0.25) is 9.67 Å². The zero-order chi connectivity index (χ0) is 21.5. The van der Waals surface area contributed by atoms with Crippen molar-refractivity contribution in [3.8, 4) is 39.8 Å². The summed E-state index contributed by atoms with van der Waals surface area (Å²) in [5, 5.41) is 19.4. The maximum Gasteiger partial charge on any atom is 0.222 e. The molecule has 5 aromatic rings. The number of nitrogens with zero attached hydrogens (tertiary/aromatic N) is 2. The molecule has 0 spiro atoms. The number of hydrogen-bond acceptors (Lipinski definition) is 3. The fraction of sp³-hybridized carbons (Fsp3) is 0.0800. The summed E-state index contributed by atoms with van der Waals surface area (Å²) in [6.45, 7) is 2.03. The Morgan fingerprint density at radius 2 is 1.68 bits per heavy atom. The van der Waals surface area contributed by atoms with Crippen molar-refractivity contribution in [3.63, 3.8) is 0 Å². The van der Waals surface area contributed by atoms with E-state index in [2.05, 4.69) is 10.2 Å². The number of fused-ring (bicyclic) bond motifs is 1. The van der Waals surface area contributed by atoms with Crippen LogP contribution in [0.2, 0.25) is 0 Å². The third-order valence-corrected chi connectivity index (χ3v) is 5.43. The van der Waals surface area contributed by atoms with Gasteiger partial charge in [-0.1, -0.05) is 42.0 Å². The number of hydrogen-bond donors (Lipinski definition) is 2. The van der Waals surface area contributed by atoms with Crippen LogP contribution in [0, 0.1) is 12.7 Å². The van der Waals surface area contributed by atoms with Crippen molar-refractivity contribution in [2.75, 3.05) is 7.11 Å². The average Bonchev–Trinajstić information content (AvgIpc) is 3.34. The van der Waals surface area contributed by atoms with Gasteiger partial charge in [0.25, 0.3) is 0 Å². The molecule has 0 unspecified atom stereocenters. The van der Waals surface area contributed by atoms with E-state index < -0.39 is 0 Å². The Hall–Kier alpha value is -4.06. The van der Waals surface area contributed by atoms with Crippen molar-refractivity contribution in [3.05, 3.63) is 84.2 Å². The minimum absolute atomic E-state index is 0.00613. The monoisotopic (exact) mass is 413 g/mol. The van der Waals surface area contributed by atoms with E-state index >= 15 is 0 Å². The smallest absolute Gasteiger partial charge is 0.222 e. The third-order valence-electron chi connectivity index (χ3n) is 5.43. The van der Waals surface area contributed by atoms with Gasteiger partial charge in [0.05, 0.1) is 18.2 Å². The van der Waals surface area contributed by atoms with Crippen LogP contribution >= 0.6 is 0 Å². The second kappa shape index (κ2) is 7.32. The van der Waals surface area contributed by atoms with Crippen LogP contribution in [0.3, 0.4) is 0 Å². The number of aryl methyl sites for hydroxylation is 1. The molecule has 0 radical (unpaired) electrons. The molecule has 154 valence electrons. The first-order valence-corrected chi connectivity index (χ1v) is 9.86. The van der Waals surface area contributed by atoms with Crippen molar-refractivity contribution in [2.45, 2.75) is 6.92 Å². The lowest BCUT2D eigenvalue weighted by atomic mass is 10.0. The number of aromatic amines is 1. The lowest BCUT2D eigenvalue weighted by Crippen LogP contribution is -1.99. The van der Waals surface area contributed by atoms with Gasteiger partial charge in [-0.15, -0.1) is 0 Å². The highest BCUT2D eigenvalue weighted by Gasteiger charge is 2.26. The first-order chi connectivity index (χ1) is 15.1. The van der Waals surface area contributed by atoms with Crippen LogP contribution in [0.25, 0.3) is 39.1 Å². The quantitative estimate of drug-likeness (QED) is 0.389. The molecule has 2 heterocycles. The lowest BCUT2D eigenvalue weighted by molar-refractivity contribution is 0.416. The highest BCUT2D eigenvalue weighted by molar-refractivity contribution is 6.07. The van der Waals surface area contributed by atoms with Crippen molar-refractivity contribution >= 4 is 10.9 Å². The van der Waals surface area contributed by atoms with Crippen molar-refractivity contribution < 1.29 is 14.2 Å². The average molecular weight is 413 g/mol. The maximum atomic E-state index is 13.6. The number of ether oxygens (including phenoxy) is 1. The van der Waals surface area contributed by atoms with E-state index in [4.69, 9.17) is 4.74 Å². The minimum Gasteiger partial charge on any atom is -0.496 e. The van der Waals surface area contributed by atoms with Crippen LogP contribution in [-0.2, 0) is 0 Å². The van der Waals surface area contributed by atoms with Crippen molar-refractivity contribution in [1.29, 1.82) is 0 Å². The number of nitrogens with one attached hydrogen (secondary N) is 1. The molecule has 0 aliphatic heterocycles. The molecule has 0 bridgehead atoms. The van der Waals surface area contributed by atoms with Gasteiger partial charge in [-0.25, -0.2) is 4.39 Å². The molecular weight excluding hydrogens is 393 g/mol. The summed E-state index contributed by atoms with van der Waals surface area (Å²) in [5.41, 5.74) is 5.40. The normalized spacial score (nSPS) is 11.2. The summed E-state index contributed by atoms with van der Waals surface area (Å²) in [6.07, 6.45) is 0. The van der Waals surface area contributed by atoms with Crippen molar-refractivity contribution in [2.24, 2.45) is 0 Å². The predicted octanol–water partition coefficient (Wildman–Crippen LogP) is 5.85. The summed E-state index contributed by atoms with van der Waals surface area (Å²) in [5.74, 6) is 0.302. The number of H-pyrrole nitrogens is 1. The zero-order valence-corrected chi connectivity index (χ0v) is 17.1. The van der Waals surface area contributed by atoms with Crippen LogP contribution in [0.1, 0.15) is 5.56 Å². The first kappa shape index (κ1) is 18.9. The summed E-state index contributed by atoms with van der Waals surface area (Å²) in [4.78, 5) is 0. The van der Waals surface area contributed by atoms with Gasteiger partial charge in [0.15, 0.2) is 0 Å². The van der Waals surface area contributed by atoms with Gasteiger partial charge >= 0.3 is 0 Å². The number of halogens is 1. The standard InChI is InChI=1S/C25H20FN3O2/c1-15-7-9-16(10-8-15)22-21-23(28-27-22)25(30)29(18-13-11-17(26)12-14-18)24(21)19-5-3-4-6-20(19)31-2/h3-14,28,30H,1-2H3. The largest absolute Gasteiger partial charge is 0.496 e. The third kappa shape index (κ3) is 3.04. The fourth-order valence-corrected chi connectivity index (χ4v) is 3.92. The number of methoxy groups -OCH3 is 1. The fourth-order valence-electron chi connectivity index (χ4n) is 3.92. The predicted molar refractivity (Wildman–Crippen MR) is 119 cm³/mol. The molecule has 2 N–H and O–H groups in total. The Labute approximate surface area is 178 Å². The number of benzene rings is 3. The molecule has 3 aromatic carbocycles. The molecule has 5 nitrogen and oxygen atoms in total. The van der Waals surface area contributed by atoms with Crippen LogP contribution in [0.5, 0.6) is 11.6 Å². The molecule has 0 amide bonds. The molecule has 31 heavy (non-hydrogen) atoms. The number of aromatic nitrogens is 3. The van der Waals surface area contributed by atoms with E-state index in [9.17, 15) is 9.50 Å². The second-order valence-electron chi connectivity index (χ2n) is 7.37.